The van der Waals surface area contributed by atoms with Crippen molar-refractivity contribution in [3.8, 4) is 0 Å². The zero-order chi connectivity index (χ0) is 18.1. The maximum absolute atomic E-state index is 5.13. The van der Waals surface area contributed by atoms with Crippen LogP contribution in [0.15, 0.2) is 59.9 Å². The molecule has 2 aliphatic rings. The number of pyridine rings is 1. The van der Waals surface area contributed by atoms with Crippen LogP contribution in [-0.2, 0) is 25.1 Å². The van der Waals surface area contributed by atoms with Crippen LogP contribution in [0, 0.1) is 0 Å². The minimum absolute atomic E-state index is 0.908. The lowest BCUT2D eigenvalue weighted by Crippen LogP contribution is -2.30. The molecule has 0 spiro atoms. The highest BCUT2D eigenvalue weighted by Gasteiger charge is 2.28. The minimum atomic E-state index is 0.908. The number of aromatic nitrogens is 1. The van der Waals surface area contributed by atoms with E-state index in [4.69, 9.17) is 4.99 Å². The van der Waals surface area contributed by atoms with Gasteiger partial charge in [0, 0.05) is 34.3 Å². The summed E-state index contributed by atoms with van der Waals surface area (Å²) in [5, 5.41) is 2.34. The molecule has 3 aromatic rings. The molecule has 0 saturated heterocycles. The van der Waals surface area contributed by atoms with Crippen molar-refractivity contribution in [3.63, 3.8) is 0 Å². The van der Waals surface area contributed by atoms with Crippen LogP contribution in [0.5, 0.6) is 0 Å². The molecule has 0 N–H and O–H groups in total. The smallest absolute Gasteiger partial charge is 0.170 e. The number of thioether (sulfide) groups is 1. The molecule has 1 aliphatic carbocycles. The van der Waals surface area contributed by atoms with E-state index < -0.39 is 0 Å². The molecule has 0 unspecified atom stereocenters. The number of rotatable bonds is 3. The van der Waals surface area contributed by atoms with Gasteiger partial charge in [-0.05, 0) is 61.1 Å². The van der Waals surface area contributed by atoms with E-state index in [9.17, 15) is 0 Å². The van der Waals surface area contributed by atoms with E-state index in [1.54, 1.807) is 10.4 Å². The van der Waals surface area contributed by atoms with Crippen molar-refractivity contribution in [2.24, 2.45) is 4.99 Å². The number of amidine groups is 1. The molecule has 0 amide bonds. The van der Waals surface area contributed by atoms with Gasteiger partial charge in [0.25, 0.3) is 0 Å². The molecular formula is C22H21N3S2. The summed E-state index contributed by atoms with van der Waals surface area (Å²) in [5.41, 5.74) is 5.55. The number of para-hydroxylation sites is 1. The van der Waals surface area contributed by atoms with Gasteiger partial charge in [-0.1, -0.05) is 30.0 Å². The molecule has 0 atom stereocenters. The van der Waals surface area contributed by atoms with E-state index in [1.165, 1.54) is 47.5 Å². The van der Waals surface area contributed by atoms with Crippen LogP contribution >= 0.6 is 23.1 Å². The summed E-state index contributed by atoms with van der Waals surface area (Å²) in [6.07, 6.45) is 8.81. The van der Waals surface area contributed by atoms with Gasteiger partial charge in [-0.15, -0.1) is 11.3 Å². The van der Waals surface area contributed by atoms with Gasteiger partial charge in [-0.2, -0.15) is 0 Å². The van der Waals surface area contributed by atoms with Crippen molar-refractivity contribution in [1.82, 2.24) is 4.98 Å². The van der Waals surface area contributed by atoms with Crippen molar-refractivity contribution >= 4 is 39.0 Å². The van der Waals surface area contributed by atoms with E-state index in [0.717, 1.165) is 17.5 Å². The topological polar surface area (TPSA) is 28.5 Å². The van der Waals surface area contributed by atoms with Crippen molar-refractivity contribution in [1.29, 1.82) is 0 Å². The molecule has 0 saturated carbocycles. The second kappa shape index (κ2) is 7.49. The Kier molecular flexibility index (Phi) is 4.72. The maximum Gasteiger partial charge on any atom is 0.170 e. The fraction of sp³-hybridized carbons (Fsp3) is 0.273. The number of aliphatic imine (C=N–C) groups is 1. The van der Waals surface area contributed by atoms with Crippen molar-refractivity contribution in [2.45, 2.75) is 38.0 Å². The normalized spacial score (nSPS) is 15.9. The van der Waals surface area contributed by atoms with Gasteiger partial charge < -0.3 is 4.90 Å². The summed E-state index contributed by atoms with van der Waals surface area (Å²) >= 11 is 3.74. The van der Waals surface area contributed by atoms with E-state index in [2.05, 4.69) is 52.3 Å². The average Bonchev–Trinajstić information content (AvgIpc) is 3.10. The van der Waals surface area contributed by atoms with Gasteiger partial charge in [0.05, 0.1) is 6.54 Å². The minimum Gasteiger partial charge on any atom is -0.316 e. The SMILES string of the molecule is c1ccc(N2Cc3c(sc4c3CCCC4)N=C2SCc2ccncc2)cc1. The molecule has 0 bridgehead atoms. The molecule has 5 rings (SSSR count). The second-order valence-corrected chi connectivity index (χ2v) is 8.98. The standard InChI is InChI=1S/C22H21N3S2/c1-2-6-17(7-3-1)25-14-19-18-8-4-5-9-20(18)27-21(19)24-22(25)26-15-16-10-12-23-13-11-16/h1-3,6-7,10-13H,4-5,8-9,14-15H2. The predicted octanol–water partition coefficient (Wildman–Crippen LogP) is 5.96. The molecule has 3 heterocycles. The Balaban J connectivity index is 1.50. The lowest BCUT2D eigenvalue weighted by Gasteiger charge is -2.29. The number of hydrogen-bond donors (Lipinski definition) is 0. The number of nitrogens with zero attached hydrogens (tertiary/aromatic N) is 3. The Bertz CT molecular complexity index is 964. The zero-order valence-electron chi connectivity index (χ0n) is 15.1. The molecular weight excluding hydrogens is 370 g/mol. The number of benzene rings is 1. The summed E-state index contributed by atoms with van der Waals surface area (Å²) < 4.78 is 0. The van der Waals surface area contributed by atoms with Gasteiger partial charge in [-0.3, -0.25) is 4.98 Å². The predicted molar refractivity (Wildman–Crippen MR) is 116 cm³/mol. The molecule has 0 fully saturated rings. The highest BCUT2D eigenvalue weighted by Crippen LogP contribution is 2.44. The number of fused-ring (bicyclic) bond motifs is 3. The molecule has 5 heteroatoms. The number of thiophene rings is 1. The lowest BCUT2D eigenvalue weighted by molar-refractivity contribution is 0.690. The van der Waals surface area contributed by atoms with Gasteiger partial charge in [-0.25, -0.2) is 4.99 Å². The highest BCUT2D eigenvalue weighted by molar-refractivity contribution is 8.13. The number of aryl methyl sites for hydroxylation is 1. The lowest BCUT2D eigenvalue weighted by atomic mass is 9.95. The van der Waals surface area contributed by atoms with E-state index in [1.807, 2.05) is 35.5 Å². The summed E-state index contributed by atoms with van der Waals surface area (Å²) in [4.78, 5) is 13.2. The van der Waals surface area contributed by atoms with E-state index in [-0.39, 0.29) is 0 Å². The maximum atomic E-state index is 5.13. The van der Waals surface area contributed by atoms with Crippen LogP contribution < -0.4 is 4.90 Å². The average molecular weight is 392 g/mol. The summed E-state index contributed by atoms with van der Waals surface area (Å²) in [6, 6.07) is 14.8. The Morgan fingerprint density at radius 2 is 1.78 bits per heavy atom. The van der Waals surface area contributed by atoms with Gasteiger partial charge in [0.15, 0.2) is 5.17 Å². The number of anilines is 1. The first-order valence-electron chi connectivity index (χ1n) is 9.45. The zero-order valence-corrected chi connectivity index (χ0v) is 16.7. The van der Waals surface area contributed by atoms with Crippen molar-refractivity contribution in [3.05, 3.63) is 76.4 Å². The third kappa shape index (κ3) is 3.42. The van der Waals surface area contributed by atoms with Gasteiger partial charge >= 0.3 is 0 Å². The summed E-state index contributed by atoms with van der Waals surface area (Å²) in [5.74, 6) is 0.908. The Morgan fingerprint density at radius 3 is 2.63 bits per heavy atom. The van der Waals surface area contributed by atoms with Crippen LogP contribution in [0.2, 0.25) is 0 Å². The van der Waals surface area contributed by atoms with E-state index in [0.29, 0.717) is 0 Å². The quantitative estimate of drug-likeness (QED) is 0.551. The van der Waals surface area contributed by atoms with Gasteiger partial charge in [0.2, 0.25) is 0 Å². The first-order valence-corrected chi connectivity index (χ1v) is 11.2. The Morgan fingerprint density at radius 1 is 0.963 bits per heavy atom. The van der Waals surface area contributed by atoms with Crippen LogP contribution in [0.4, 0.5) is 10.7 Å². The molecule has 3 nitrogen and oxygen atoms in total. The molecule has 1 aromatic carbocycles. The second-order valence-electron chi connectivity index (χ2n) is 6.95. The van der Waals surface area contributed by atoms with Crippen molar-refractivity contribution in [2.75, 3.05) is 4.90 Å². The Hall–Kier alpha value is -2.11. The summed E-state index contributed by atoms with van der Waals surface area (Å²) in [6.45, 7) is 0.938. The third-order valence-electron chi connectivity index (χ3n) is 5.19. The van der Waals surface area contributed by atoms with Crippen LogP contribution in [0.3, 0.4) is 0 Å². The monoisotopic (exact) mass is 391 g/mol. The van der Waals surface area contributed by atoms with Crippen LogP contribution in [-0.4, -0.2) is 10.2 Å². The first-order chi connectivity index (χ1) is 13.4. The fourth-order valence-corrected chi connectivity index (χ4v) is 6.09. The highest BCUT2D eigenvalue weighted by atomic mass is 32.2. The molecule has 136 valence electrons. The Labute approximate surface area is 168 Å². The van der Waals surface area contributed by atoms with Crippen LogP contribution in [0.25, 0.3) is 0 Å². The van der Waals surface area contributed by atoms with Crippen molar-refractivity contribution < 1.29 is 0 Å². The molecule has 1 aliphatic heterocycles. The van der Waals surface area contributed by atoms with E-state index >= 15 is 0 Å². The molecule has 0 radical (unpaired) electrons. The number of hydrogen-bond acceptors (Lipinski definition) is 5. The first kappa shape index (κ1) is 17.0. The third-order valence-corrected chi connectivity index (χ3v) is 7.46. The largest absolute Gasteiger partial charge is 0.316 e. The summed E-state index contributed by atoms with van der Waals surface area (Å²) in [7, 11) is 0. The molecule has 2 aromatic heterocycles. The fourth-order valence-electron chi connectivity index (χ4n) is 3.79. The van der Waals surface area contributed by atoms with Crippen LogP contribution in [0.1, 0.15) is 34.4 Å². The van der Waals surface area contributed by atoms with Gasteiger partial charge in [0.1, 0.15) is 5.00 Å². The molecule has 27 heavy (non-hydrogen) atoms.